The summed E-state index contributed by atoms with van der Waals surface area (Å²) in [5.41, 5.74) is 4.83. The molecule has 2 rings (SSSR count). The number of nitrogens with zero attached hydrogens (tertiary/aromatic N) is 1. The minimum Gasteiger partial charge on any atom is -0.397 e. The highest BCUT2D eigenvalue weighted by Crippen LogP contribution is 2.32. The first-order valence-corrected chi connectivity index (χ1v) is 7.80. The number of benzene rings is 1. The van der Waals surface area contributed by atoms with Crippen LogP contribution in [0.2, 0.25) is 0 Å². The average molecular weight is 299 g/mol. The molecular weight excluding hydrogens is 282 g/mol. The fourth-order valence-corrected chi connectivity index (χ4v) is 4.11. The Morgan fingerprint density at radius 2 is 1.95 bits per heavy atom. The summed E-state index contributed by atoms with van der Waals surface area (Å²) in [6.45, 7) is 1.86. The van der Waals surface area contributed by atoms with Crippen LogP contribution >= 0.6 is 0 Å². The Labute approximate surface area is 117 Å². The van der Waals surface area contributed by atoms with Crippen molar-refractivity contribution in [3.05, 3.63) is 28.3 Å². The maximum atomic E-state index is 12.3. The molecule has 0 radical (unpaired) electrons. The van der Waals surface area contributed by atoms with Gasteiger partial charge in [-0.15, -0.1) is 0 Å². The Bertz CT molecular complexity index is 636. The molecule has 0 aromatic heterocycles. The van der Waals surface area contributed by atoms with E-state index >= 15 is 0 Å². The number of nitrogens with one attached hydrogen (secondary N) is 1. The second kappa shape index (κ2) is 5.02. The van der Waals surface area contributed by atoms with Gasteiger partial charge in [0.15, 0.2) is 0 Å². The highest BCUT2D eigenvalue weighted by atomic mass is 32.2. The number of hydrogen-bond donors (Lipinski definition) is 2. The first-order valence-electron chi connectivity index (χ1n) is 6.31. The van der Waals surface area contributed by atoms with E-state index in [0.29, 0.717) is 0 Å². The van der Waals surface area contributed by atoms with Gasteiger partial charge < -0.3 is 5.73 Å². The van der Waals surface area contributed by atoms with Crippen molar-refractivity contribution in [2.75, 3.05) is 5.73 Å². The molecule has 8 heteroatoms. The zero-order valence-electron chi connectivity index (χ0n) is 11.1. The third-order valence-electron chi connectivity index (χ3n) is 3.58. The molecule has 7 nitrogen and oxygen atoms in total. The quantitative estimate of drug-likeness (QED) is 0.499. The number of sulfonamides is 1. The van der Waals surface area contributed by atoms with Crippen LogP contribution in [0.25, 0.3) is 0 Å². The summed E-state index contributed by atoms with van der Waals surface area (Å²) < 4.78 is 27.3. The van der Waals surface area contributed by atoms with E-state index in [-0.39, 0.29) is 16.3 Å². The fourth-order valence-electron chi connectivity index (χ4n) is 2.53. The highest BCUT2D eigenvalue weighted by Gasteiger charge is 2.34. The first kappa shape index (κ1) is 14.7. The van der Waals surface area contributed by atoms with Gasteiger partial charge in [0.05, 0.1) is 10.6 Å². The number of rotatable bonds is 4. The summed E-state index contributed by atoms with van der Waals surface area (Å²) in [7, 11) is -3.77. The second-order valence-corrected chi connectivity index (χ2v) is 7.00. The summed E-state index contributed by atoms with van der Waals surface area (Å²) >= 11 is 0. The molecule has 110 valence electrons. The summed E-state index contributed by atoms with van der Waals surface area (Å²) in [4.78, 5) is 9.90. The molecule has 1 aliphatic rings. The predicted octanol–water partition coefficient (Wildman–Crippen LogP) is 1.79. The van der Waals surface area contributed by atoms with E-state index < -0.39 is 20.5 Å². The Hall–Kier alpha value is -1.67. The van der Waals surface area contributed by atoms with Crippen LogP contribution in [0.1, 0.15) is 32.6 Å². The zero-order chi connectivity index (χ0) is 15.0. The Morgan fingerprint density at radius 3 is 2.45 bits per heavy atom. The van der Waals surface area contributed by atoms with Gasteiger partial charge in [0, 0.05) is 17.7 Å². The molecule has 0 amide bonds. The van der Waals surface area contributed by atoms with Gasteiger partial charge in [-0.3, -0.25) is 10.1 Å². The molecule has 1 aromatic carbocycles. The third kappa shape index (κ3) is 2.91. The lowest BCUT2D eigenvalue weighted by molar-refractivity contribution is -0.384. The van der Waals surface area contributed by atoms with E-state index in [4.69, 9.17) is 5.73 Å². The van der Waals surface area contributed by atoms with Crippen molar-refractivity contribution in [2.24, 2.45) is 0 Å². The SMILES string of the molecule is CC1(NS(=O)(=O)c2ccc([N+](=O)[O-])cc2N)CCCC1. The van der Waals surface area contributed by atoms with E-state index in [9.17, 15) is 18.5 Å². The highest BCUT2D eigenvalue weighted by molar-refractivity contribution is 7.89. The molecule has 0 atom stereocenters. The van der Waals surface area contributed by atoms with Crippen LogP contribution in [0, 0.1) is 10.1 Å². The van der Waals surface area contributed by atoms with E-state index in [2.05, 4.69) is 4.72 Å². The lowest BCUT2D eigenvalue weighted by Crippen LogP contribution is -2.43. The smallest absolute Gasteiger partial charge is 0.271 e. The lowest BCUT2D eigenvalue weighted by Gasteiger charge is -2.25. The van der Waals surface area contributed by atoms with Crippen molar-refractivity contribution in [1.29, 1.82) is 0 Å². The number of nitrogens with two attached hydrogens (primary N) is 1. The molecule has 0 spiro atoms. The van der Waals surface area contributed by atoms with Gasteiger partial charge in [0.2, 0.25) is 10.0 Å². The van der Waals surface area contributed by atoms with Crippen molar-refractivity contribution in [3.63, 3.8) is 0 Å². The van der Waals surface area contributed by atoms with E-state index in [0.717, 1.165) is 37.8 Å². The van der Waals surface area contributed by atoms with E-state index in [1.807, 2.05) is 6.92 Å². The summed E-state index contributed by atoms with van der Waals surface area (Å²) in [5.74, 6) is 0. The van der Waals surface area contributed by atoms with Gasteiger partial charge in [0.25, 0.3) is 5.69 Å². The van der Waals surface area contributed by atoms with Gasteiger partial charge in [-0.05, 0) is 25.8 Å². The van der Waals surface area contributed by atoms with E-state index in [1.54, 1.807) is 0 Å². The van der Waals surface area contributed by atoms with Crippen LogP contribution < -0.4 is 10.5 Å². The van der Waals surface area contributed by atoms with Crippen LogP contribution in [0.3, 0.4) is 0 Å². The molecule has 1 aromatic rings. The maximum absolute atomic E-state index is 12.3. The maximum Gasteiger partial charge on any atom is 0.271 e. The van der Waals surface area contributed by atoms with Crippen LogP contribution in [0.5, 0.6) is 0 Å². The minimum atomic E-state index is -3.77. The number of hydrogen-bond acceptors (Lipinski definition) is 5. The monoisotopic (exact) mass is 299 g/mol. The topological polar surface area (TPSA) is 115 Å². The first-order chi connectivity index (χ1) is 9.23. The molecule has 0 unspecified atom stereocenters. The van der Waals surface area contributed by atoms with Gasteiger partial charge in [-0.25, -0.2) is 13.1 Å². The van der Waals surface area contributed by atoms with Gasteiger partial charge >= 0.3 is 0 Å². The van der Waals surface area contributed by atoms with Crippen molar-refractivity contribution in [2.45, 2.75) is 43.0 Å². The summed E-state index contributed by atoms with van der Waals surface area (Å²) in [6, 6.07) is 3.38. The largest absolute Gasteiger partial charge is 0.397 e. The molecule has 20 heavy (non-hydrogen) atoms. The molecule has 0 bridgehead atoms. The third-order valence-corrected chi connectivity index (χ3v) is 5.29. The number of nitro groups is 1. The van der Waals surface area contributed by atoms with Crippen LogP contribution in [0.4, 0.5) is 11.4 Å². The Morgan fingerprint density at radius 1 is 1.35 bits per heavy atom. The lowest BCUT2D eigenvalue weighted by atomic mass is 10.0. The fraction of sp³-hybridized carbons (Fsp3) is 0.500. The summed E-state index contributed by atoms with van der Waals surface area (Å²) in [6.07, 6.45) is 3.52. The van der Waals surface area contributed by atoms with Crippen LogP contribution in [-0.2, 0) is 10.0 Å². The standard InChI is InChI=1S/C12H17N3O4S/c1-12(6-2-3-7-12)14-20(18,19)11-5-4-9(15(16)17)8-10(11)13/h4-5,8,14H,2-3,6-7,13H2,1H3. The van der Waals surface area contributed by atoms with Gasteiger partial charge in [0.1, 0.15) is 4.90 Å². The molecular formula is C12H17N3O4S. The van der Waals surface area contributed by atoms with E-state index in [1.165, 1.54) is 6.07 Å². The minimum absolute atomic E-state index is 0.115. The Balaban J connectivity index is 2.32. The molecule has 3 N–H and O–H groups in total. The predicted molar refractivity (Wildman–Crippen MR) is 74.7 cm³/mol. The Kier molecular flexibility index (Phi) is 3.70. The van der Waals surface area contributed by atoms with Crippen LogP contribution in [0.15, 0.2) is 23.1 Å². The number of nitrogen functional groups attached to an aromatic ring is 1. The normalized spacial score (nSPS) is 18.1. The van der Waals surface area contributed by atoms with Crippen molar-refractivity contribution < 1.29 is 13.3 Å². The van der Waals surface area contributed by atoms with Gasteiger partial charge in [-0.1, -0.05) is 12.8 Å². The van der Waals surface area contributed by atoms with Crippen molar-refractivity contribution in [3.8, 4) is 0 Å². The number of non-ortho nitro benzene ring substituents is 1. The number of nitro benzene ring substituents is 1. The molecule has 1 fully saturated rings. The number of anilines is 1. The van der Waals surface area contributed by atoms with Gasteiger partial charge in [-0.2, -0.15) is 0 Å². The molecule has 1 aliphatic carbocycles. The zero-order valence-corrected chi connectivity index (χ0v) is 11.9. The molecule has 0 aliphatic heterocycles. The second-order valence-electron chi connectivity index (χ2n) is 5.35. The van der Waals surface area contributed by atoms with Crippen molar-refractivity contribution >= 4 is 21.4 Å². The summed E-state index contributed by atoms with van der Waals surface area (Å²) in [5, 5.41) is 10.6. The average Bonchev–Trinajstić information content (AvgIpc) is 2.74. The van der Waals surface area contributed by atoms with Crippen molar-refractivity contribution in [1.82, 2.24) is 4.72 Å². The molecule has 0 heterocycles. The molecule has 1 saturated carbocycles. The van der Waals surface area contributed by atoms with Crippen LogP contribution in [-0.4, -0.2) is 18.9 Å². The molecule has 0 saturated heterocycles.